The maximum Gasteiger partial charge on any atom is 0.251 e. The molecule has 2 unspecified atom stereocenters. The molecule has 0 aliphatic carbocycles. The number of anilines is 1. The highest BCUT2D eigenvalue weighted by molar-refractivity contribution is 5.98. The first-order valence-corrected chi connectivity index (χ1v) is 6.26. The summed E-state index contributed by atoms with van der Waals surface area (Å²) in [5, 5.41) is 5.36. The lowest BCUT2D eigenvalue weighted by atomic mass is 10.0. The van der Waals surface area contributed by atoms with Crippen LogP contribution in [0.5, 0.6) is 0 Å². The van der Waals surface area contributed by atoms with Crippen molar-refractivity contribution in [3.8, 4) is 0 Å². The van der Waals surface area contributed by atoms with Gasteiger partial charge in [-0.2, -0.15) is 0 Å². The minimum Gasteiger partial charge on any atom is -0.355 e. The van der Waals surface area contributed by atoms with Gasteiger partial charge in [0.2, 0.25) is 5.91 Å². The van der Waals surface area contributed by atoms with Crippen molar-refractivity contribution in [1.29, 1.82) is 0 Å². The van der Waals surface area contributed by atoms with Crippen LogP contribution in [0.25, 0.3) is 0 Å². The standard InChI is InChI=1S/C14H21N3O2.ClH/c1-8-5-6-11(14(19)16-4)7-12(8)17-13(18)9(2)10(3)15;/h5-7,9-10H,15H2,1-4H3,(H,16,19)(H,17,18);1H. The molecule has 5 nitrogen and oxygen atoms in total. The summed E-state index contributed by atoms with van der Waals surface area (Å²) in [5.41, 5.74) is 7.75. The molecule has 20 heavy (non-hydrogen) atoms. The van der Waals surface area contributed by atoms with Crippen molar-refractivity contribution < 1.29 is 9.59 Å². The fraction of sp³-hybridized carbons (Fsp3) is 0.429. The third kappa shape index (κ3) is 4.51. The van der Waals surface area contributed by atoms with Gasteiger partial charge in [0.05, 0.1) is 5.92 Å². The smallest absolute Gasteiger partial charge is 0.251 e. The van der Waals surface area contributed by atoms with Gasteiger partial charge in [0.1, 0.15) is 0 Å². The summed E-state index contributed by atoms with van der Waals surface area (Å²) in [6.45, 7) is 5.44. The molecule has 1 aromatic carbocycles. The average molecular weight is 300 g/mol. The van der Waals surface area contributed by atoms with Gasteiger partial charge in [-0.25, -0.2) is 0 Å². The summed E-state index contributed by atoms with van der Waals surface area (Å²) in [4.78, 5) is 23.5. The largest absolute Gasteiger partial charge is 0.355 e. The van der Waals surface area contributed by atoms with Gasteiger partial charge < -0.3 is 16.4 Å². The van der Waals surface area contributed by atoms with Crippen LogP contribution in [-0.2, 0) is 4.79 Å². The Morgan fingerprint density at radius 2 is 1.85 bits per heavy atom. The molecule has 6 heteroatoms. The zero-order valence-corrected chi connectivity index (χ0v) is 13.0. The van der Waals surface area contributed by atoms with Crippen molar-refractivity contribution >= 4 is 29.9 Å². The first kappa shape index (κ1) is 18.4. The fourth-order valence-electron chi connectivity index (χ4n) is 1.53. The predicted octanol–water partition coefficient (Wildman–Crippen LogP) is 1.70. The molecule has 0 bridgehead atoms. The van der Waals surface area contributed by atoms with Crippen LogP contribution in [0, 0.1) is 12.8 Å². The van der Waals surface area contributed by atoms with Crippen LogP contribution in [0.2, 0.25) is 0 Å². The molecule has 0 heterocycles. The Balaban J connectivity index is 0.00000361. The van der Waals surface area contributed by atoms with E-state index in [1.165, 1.54) is 0 Å². The highest BCUT2D eigenvalue weighted by atomic mass is 35.5. The fourth-order valence-corrected chi connectivity index (χ4v) is 1.53. The number of hydrogen-bond donors (Lipinski definition) is 3. The number of aryl methyl sites for hydroxylation is 1. The highest BCUT2D eigenvalue weighted by Crippen LogP contribution is 2.18. The van der Waals surface area contributed by atoms with Gasteiger partial charge in [0.15, 0.2) is 0 Å². The van der Waals surface area contributed by atoms with Crippen LogP contribution < -0.4 is 16.4 Å². The van der Waals surface area contributed by atoms with Crippen molar-refractivity contribution in [2.45, 2.75) is 26.8 Å². The topological polar surface area (TPSA) is 84.2 Å². The number of halogens is 1. The number of hydrogen-bond acceptors (Lipinski definition) is 3. The Bertz CT molecular complexity index is 489. The Morgan fingerprint density at radius 3 is 2.35 bits per heavy atom. The second-order valence-corrected chi connectivity index (χ2v) is 4.75. The summed E-state index contributed by atoms with van der Waals surface area (Å²) >= 11 is 0. The van der Waals surface area contributed by atoms with Crippen molar-refractivity contribution in [1.82, 2.24) is 5.32 Å². The van der Waals surface area contributed by atoms with Gasteiger partial charge in [-0.15, -0.1) is 12.4 Å². The van der Waals surface area contributed by atoms with E-state index in [9.17, 15) is 9.59 Å². The summed E-state index contributed by atoms with van der Waals surface area (Å²) < 4.78 is 0. The molecular formula is C14H22ClN3O2. The van der Waals surface area contributed by atoms with Crippen LogP contribution >= 0.6 is 12.4 Å². The number of rotatable bonds is 4. The normalized spacial score (nSPS) is 12.8. The Hall–Kier alpha value is -1.59. The Labute approximate surface area is 125 Å². The molecule has 1 rings (SSSR count). The zero-order valence-electron chi connectivity index (χ0n) is 12.2. The van der Waals surface area contributed by atoms with Crippen molar-refractivity contribution in [3.63, 3.8) is 0 Å². The van der Waals surface area contributed by atoms with Gasteiger partial charge in [-0.1, -0.05) is 13.0 Å². The molecule has 0 saturated carbocycles. The molecule has 2 amide bonds. The van der Waals surface area contributed by atoms with E-state index >= 15 is 0 Å². The first-order chi connectivity index (χ1) is 8.86. The second kappa shape index (κ2) is 7.87. The van der Waals surface area contributed by atoms with Gasteiger partial charge in [0, 0.05) is 24.3 Å². The molecule has 0 aliphatic rings. The van der Waals surface area contributed by atoms with Crippen LogP contribution in [0.4, 0.5) is 5.69 Å². The minimum absolute atomic E-state index is 0. The van der Waals surface area contributed by atoms with E-state index in [-0.39, 0.29) is 36.2 Å². The molecule has 2 atom stereocenters. The van der Waals surface area contributed by atoms with Crippen molar-refractivity contribution in [2.75, 3.05) is 12.4 Å². The van der Waals surface area contributed by atoms with Gasteiger partial charge in [-0.05, 0) is 31.5 Å². The van der Waals surface area contributed by atoms with Gasteiger partial charge in [-0.3, -0.25) is 9.59 Å². The van der Waals surface area contributed by atoms with E-state index in [1.54, 1.807) is 39.1 Å². The molecule has 1 aromatic rings. The van der Waals surface area contributed by atoms with E-state index in [0.29, 0.717) is 11.3 Å². The molecule has 112 valence electrons. The summed E-state index contributed by atoms with van der Waals surface area (Å²) in [7, 11) is 1.57. The van der Waals surface area contributed by atoms with E-state index in [2.05, 4.69) is 10.6 Å². The van der Waals surface area contributed by atoms with Gasteiger partial charge in [0.25, 0.3) is 5.91 Å². The van der Waals surface area contributed by atoms with Crippen molar-refractivity contribution in [3.05, 3.63) is 29.3 Å². The number of carbonyl (C=O) groups excluding carboxylic acids is 2. The van der Waals surface area contributed by atoms with Crippen LogP contribution in [0.3, 0.4) is 0 Å². The van der Waals surface area contributed by atoms with Crippen LogP contribution in [0.15, 0.2) is 18.2 Å². The third-order valence-electron chi connectivity index (χ3n) is 3.19. The number of amides is 2. The zero-order chi connectivity index (χ0) is 14.6. The number of carbonyl (C=O) groups is 2. The molecular weight excluding hydrogens is 278 g/mol. The Morgan fingerprint density at radius 1 is 1.25 bits per heavy atom. The molecule has 4 N–H and O–H groups in total. The van der Waals surface area contributed by atoms with Crippen LogP contribution in [-0.4, -0.2) is 24.9 Å². The second-order valence-electron chi connectivity index (χ2n) is 4.75. The highest BCUT2D eigenvalue weighted by Gasteiger charge is 2.18. The quantitative estimate of drug-likeness (QED) is 0.791. The lowest BCUT2D eigenvalue weighted by Crippen LogP contribution is -2.34. The number of nitrogens with two attached hydrogens (primary N) is 1. The molecule has 0 spiro atoms. The summed E-state index contributed by atoms with van der Waals surface area (Å²) in [6, 6.07) is 4.97. The number of benzene rings is 1. The molecule has 0 saturated heterocycles. The lowest BCUT2D eigenvalue weighted by molar-refractivity contribution is -0.119. The Kier molecular flexibility index (Phi) is 7.24. The molecule has 0 aromatic heterocycles. The first-order valence-electron chi connectivity index (χ1n) is 6.26. The minimum atomic E-state index is -0.289. The summed E-state index contributed by atoms with van der Waals surface area (Å²) in [5.74, 6) is -0.619. The summed E-state index contributed by atoms with van der Waals surface area (Å²) in [6.07, 6.45) is 0. The van der Waals surface area contributed by atoms with E-state index < -0.39 is 0 Å². The van der Waals surface area contributed by atoms with Gasteiger partial charge >= 0.3 is 0 Å². The van der Waals surface area contributed by atoms with E-state index in [1.807, 2.05) is 6.92 Å². The monoisotopic (exact) mass is 299 g/mol. The third-order valence-corrected chi connectivity index (χ3v) is 3.19. The SMILES string of the molecule is CNC(=O)c1ccc(C)c(NC(=O)C(C)C(C)N)c1.Cl. The van der Waals surface area contributed by atoms with E-state index in [4.69, 9.17) is 5.73 Å². The maximum absolute atomic E-state index is 12.0. The molecule has 0 aliphatic heterocycles. The van der Waals surface area contributed by atoms with E-state index in [0.717, 1.165) is 5.56 Å². The van der Waals surface area contributed by atoms with Crippen molar-refractivity contribution in [2.24, 2.45) is 11.7 Å². The molecule has 0 fully saturated rings. The molecule has 0 radical (unpaired) electrons. The lowest BCUT2D eigenvalue weighted by Gasteiger charge is -2.17. The number of nitrogens with one attached hydrogen (secondary N) is 2. The maximum atomic E-state index is 12.0. The van der Waals surface area contributed by atoms with Crippen LogP contribution in [0.1, 0.15) is 29.8 Å². The predicted molar refractivity (Wildman–Crippen MR) is 83.3 cm³/mol. The average Bonchev–Trinajstić information content (AvgIpc) is 2.39.